The van der Waals surface area contributed by atoms with E-state index >= 15 is 0 Å². The fourth-order valence-electron chi connectivity index (χ4n) is 2.22. The van der Waals surface area contributed by atoms with Gasteiger partial charge < -0.3 is 9.64 Å². The highest BCUT2D eigenvalue weighted by molar-refractivity contribution is 5.77. The van der Waals surface area contributed by atoms with Crippen molar-refractivity contribution in [2.45, 2.75) is 39.7 Å². The molecule has 108 valence electrons. The van der Waals surface area contributed by atoms with Crippen molar-refractivity contribution in [1.29, 1.82) is 0 Å². The van der Waals surface area contributed by atoms with Crippen molar-refractivity contribution >= 4 is 11.7 Å². The van der Waals surface area contributed by atoms with E-state index in [1.165, 1.54) is 16.7 Å². The number of benzene rings is 1. The zero-order chi connectivity index (χ0) is 14.8. The number of rotatable bonds is 2. The average molecular weight is 273 g/mol. The van der Waals surface area contributed by atoms with Gasteiger partial charge in [-0.15, -0.1) is 0 Å². The Labute approximate surface area is 121 Å². The van der Waals surface area contributed by atoms with E-state index in [0.29, 0.717) is 13.1 Å². The minimum absolute atomic E-state index is 0.240. The van der Waals surface area contributed by atoms with Crippen molar-refractivity contribution in [2.24, 2.45) is 0 Å². The zero-order valence-corrected chi connectivity index (χ0v) is 12.8. The van der Waals surface area contributed by atoms with Gasteiger partial charge in [0.05, 0.1) is 0 Å². The Hall–Kier alpha value is -1.77. The van der Waals surface area contributed by atoms with Gasteiger partial charge >= 0.3 is 6.09 Å². The van der Waals surface area contributed by atoms with Crippen LogP contribution in [-0.2, 0) is 11.2 Å². The third-order valence-corrected chi connectivity index (χ3v) is 3.28. The highest BCUT2D eigenvalue weighted by atomic mass is 16.6. The van der Waals surface area contributed by atoms with E-state index in [1.807, 2.05) is 20.8 Å². The second-order valence-electron chi connectivity index (χ2n) is 6.14. The lowest BCUT2D eigenvalue weighted by Crippen LogP contribution is -2.35. The van der Waals surface area contributed by atoms with Crippen LogP contribution in [0.2, 0.25) is 0 Å². The normalized spacial score (nSPS) is 15.2. The molecule has 1 heterocycles. The van der Waals surface area contributed by atoms with Gasteiger partial charge in [-0.1, -0.05) is 37.3 Å². The van der Waals surface area contributed by atoms with Gasteiger partial charge in [0.2, 0.25) is 0 Å². The molecule has 1 aliphatic heterocycles. The number of nitrogens with zero attached hydrogens (tertiary/aromatic N) is 1. The van der Waals surface area contributed by atoms with E-state index in [2.05, 4.69) is 37.3 Å². The lowest BCUT2D eigenvalue weighted by atomic mass is 10.0. The maximum atomic E-state index is 12.0. The van der Waals surface area contributed by atoms with Crippen LogP contribution in [0.5, 0.6) is 0 Å². The summed E-state index contributed by atoms with van der Waals surface area (Å²) in [7, 11) is 0. The molecule has 1 aromatic carbocycles. The Bertz CT molecular complexity index is 526. The molecule has 0 saturated carbocycles. The topological polar surface area (TPSA) is 29.5 Å². The molecule has 0 fully saturated rings. The van der Waals surface area contributed by atoms with Crippen LogP contribution in [0.25, 0.3) is 5.57 Å². The summed E-state index contributed by atoms with van der Waals surface area (Å²) in [5, 5.41) is 0. The third-order valence-electron chi connectivity index (χ3n) is 3.28. The minimum atomic E-state index is -0.442. The SMILES string of the molecule is CCc1cccc(C2=CCN(C(=O)OC(C)(C)C)C2)c1. The highest BCUT2D eigenvalue weighted by Gasteiger charge is 2.25. The van der Waals surface area contributed by atoms with Crippen molar-refractivity contribution < 1.29 is 9.53 Å². The summed E-state index contributed by atoms with van der Waals surface area (Å²) in [5.41, 5.74) is 3.28. The molecule has 2 rings (SSSR count). The monoisotopic (exact) mass is 273 g/mol. The average Bonchev–Trinajstić information content (AvgIpc) is 2.86. The lowest BCUT2D eigenvalue weighted by molar-refractivity contribution is 0.0306. The zero-order valence-electron chi connectivity index (χ0n) is 12.8. The van der Waals surface area contributed by atoms with Gasteiger partial charge in [-0.25, -0.2) is 4.79 Å². The van der Waals surface area contributed by atoms with Crippen molar-refractivity contribution in [3.05, 3.63) is 41.5 Å². The van der Waals surface area contributed by atoms with Gasteiger partial charge in [0.1, 0.15) is 5.60 Å². The van der Waals surface area contributed by atoms with Crippen molar-refractivity contribution in [3.63, 3.8) is 0 Å². The van der Waals surface area contributed by atoms with E-state index in [1.54, 1.807) is 4.90 Å². The molecule has 0 N–H and O–H groups in total. The van der Waals surface area contributed by atoms with Crippen LogP contribution in [0.4, 0.5) is 4.79 Å². The van der Waals surface area contributed by atoms with Crippen LogP contribution in [0.15, 0.2) is 30.3 Å². The summed E-state index contributed by atoms with van der Waals surface area (Å²) in [5.74, 6) is 0. The molecule has 1 amide bonds. The van der Waals surface area contributed by atoms with Gasteiger partial charge in [0.25, 0.3) is 0 Å². The second kappa shape index (κ2) is 5.70. The molecule has 0 bridgehead atoms. The Morgan fingerprint density at radius 3 is 2.75 bits per heavy atom. The molecule has 0 atom stereocenters. The first kappa shape index (κ1) is 14.6. The van der Waals surface area contributed by atoms with Gasteiger partial charge in [0.15, 0.2) is 0 Å². The third kappa shape index (κ3) is 3.62. The van der Waals surface area contributed by atoms with E-state index in [0.717, 1.165) is 6.42 Å². The maximum absolute atomic E-state index is 12.0. The summed E-state index contributed by atoms with van der Waals surface area (Å²) in [6.45, 7) is 9.07. The number of hydrogen-bond acceptors (Lipinski definition) is 2. The highest BCUT2D eigenvalue weighted by Crippen LogP contribution is 2.23. The van der Waals surface area contributed by atoms with Gasteiger partial charge in [-0.2, -0.15) is 0 Å². The largest absolute Gasteiger partial charge is 0.444 e. The summed E-state index contributed by atoms with van der Waals surface area (Å²) < 4.78 is 5.40. The van der Waals surface area contributed by atoms with Crippen LogP contribution >= 0.6 is 0 Å². The fraction of sp³-hybridized carbons (Fsp3) is 0.471. The molecule has 0 unspecified atom stereocenters. The molecule has 0 radical (unpaired) electrons. The molecule has 0 aromatic heterocycles. The number of hydrogen-bond donors (Lipinski definition) is 0. The van der Waals surface area contributed by atoms with Crippen LogP contribution in [0.3, 0.4) is 0 Å². The van der Waals surface area contributed by atoms with Gasteiger partial charge in [-0.05, 0) is 43.9 Å². The van der Waals surface area contributed by atoms with Crippen LogP contribution in [-0.4, -0.2) is 29.7 Å². The molecule has 0 saturated heterocycles. The summed E-state index contributed by atoms with van der Waals surface area (Å²) in [6.07, 6.45) is 2.89. The van der Waals surface area contributed by atoms with E-state index in [9.17, 15) is 4.79 Å². The fourth-order valence-corrected chi connectivity index (χ4v) is 2.22. The maximum Gasteiger partial charge on any atom is 0.410 e. The minimum Gasteiger partial charge on any atom is -0.444 e. The van der Waals surface area contributed by atoms with Crippen LogP contribution in [0.1, 0.15) is 38.8 Å². The van der Waals surface area contributed by atoms with Gasteiger partial charge in [-0.3, -0.25) is 0 Å². The molecular formula is C17H23NO2. The number of carbonyl (C=O) groups excluding carboxylic acids is 1. The van der Waals surface area contributed by atoms with E-state index < -0.39 is 5.60 Å². The number of ether oxygens (including phenoxy) is 1. The Morgan fingerprint density at radius 1 is 1.35 bits per heavy atom. The summed E-state index contributed by atoms with van der Waals surface area (Å²) in [6, 6.07) is 8.50. The smallest absolute Gasteiger partial charge is 0.410 e. The summed E-state index contributed by atoms with van der Waals surface area (Å²) in [4.78, 5) is 13.8. The molecule has 0 aliphatic carbocycles. The van der Waals surface area contributed by atoms with Crippen molar-refractivity contribution in [2.75, 3.05) is 13.1 Å². The van der Waals surface area contributed by atoms with Crippen LogP contribution in [0, 0.1) is 0 Å². The summed E-state index contributed by atoms with van der Waals surface area (Å²) >= 11 is 0. The molecule has 1 aliphatic rings. The van der Waals surface area contributed by atoms with Crippen molar-refractivity contribution in [1.82, 2.24) is 4.90 Å². The molecule has 1 aromatic rings. The number of amides is 1. The molecule has 3 nitrogen and oxygen atoms in total. The predicted octanol–water partition coefficient (Wildman–Crippen LogP) is 3.88. The standard InChI is InChI=1S/C17H23NO2/c1-5-13-7-6-8-14(11-13)15-9-10-18(12-15)16(19)20-17(2,3)4/h6-9,11H,5,10,12H2,1-4H3. The van der Waals surface area contributed by atoms with E-state index in [4.69, 9.17) is 4.74 Å². The molecule has 0 spiro atoms. The predicted molar refractivity (Wildman–Crippen MR) is 81.6 cm³/mol. The molecular weight excluding hydrogens is 250 g/mol. The van der Waals surface area contributed by atoms with Crippen LogP contribution < -0.4 is 0 Å². The number of carbonyl (C=O) groups is 1. The Balaban J connectivity index is 2.02. The lowest BCUT2D eigenvalue weighted by Gasteiger charge is -2.24. The first-order valence-electron chi connectivity index (χ1n) is 7.15. The van der Waals surface area contributed by atoms with E-state index in [-0.39, 0.29) is 6.09 Å². The quantitative estimate of drug-likeness (QED) is 0.818. The van der Waals surface area contributed by atoms with Crippen molar-refractivity contribution in [3.8, 4) is 0 Å². The molecule has 20 heavy (non-hydrogen) atoms. The van der Waals surface area contributed by atoms with Gasteiger partial charge in [0, 0.05) is 13.1 Å². The number of aryl methyl sites for hydroxylation is 1. The Kier molecular flexibility index (Phi) is 4.17. The first-order valence-corrected chi connectivity index (χ1v) is 7.15. The first-order chi connectivity index (χ1) is 9.39. The molecule has 3 heteroatoms. The second-order valence-corrected chi connectivity index (χ2v) is 6.14. The Morgan fingerprint density at radius 2 is 2.10 bits per heavy atom.